The number of hydrogen-bond acceptors (Lipinski definition) is 13. The topological polar surface area (TPSA) is 153 Å². The Labute approximate surface area is 245 Å². The molecule has 1 unspecified atom stereocenters. The van der Waals surface area contributed by atoms with E-state index in [4.69, 9.17) is 23.7 Å². The Bertz CT molecular complexity index is 1560. The molecule has 13 heteroatoms. The fourth-order valence-electron chi connectivity index (χ4n) is 7.32. The molecule has 0 amide bonds. The second-order valence-corrected chi connectivity index (χ2v) is 12.3. The van der Waals surface area contributed by atoms with Crippen molar-refractivity contribution in [1.29, 1.82) is 0 Å². The van der Waals surface area contributed by atoms with Crippen LogP contribution in [0.15, 0.2) is 6.07 Å². The van der Waals surface area contributed by atoms with E-state index in [-0.39, 0.29) is 30.7 Å². The summed E-state index contributed by atoms with van der Waals surface area (Å²) in [6, 6.07) is -0.375. The number of aliphatic hydroxyl groups excluding tert-OH is 1. The van der Waals surface area contributed by atoms with Gasteiger partial charge < -0.3 is 39.2 Å². The number of esters is 2. The molecule has 0 aliphatic carbocycles. The van der Waals surface area contributed by atoms with Gasteiger partial charge in [0.25, 0.3) is 0 Å². The molecule has 0 aromatic heterocycles. The Morgan fingerprint density at radius 2 is 1.88 bits per heavy atom. The number of aryl methyl sites for hydroxylation is 1. The van der Waals surface area contributed by atoms with Crippen molar-refractivity contribution in [3.8, 4) is 28.7 Å². The Balaban J connectivity index is 1.53. The quantitative estimate of drug-likeness (QED) is 0.262. The summed E-state index contributed by atoms with van der Waals surface area (Å²) in [5.74, 6) is -0.942. The molecule has 0 saturated carbocycles. The number of methoxy groups -OCH3 is 1. The zero-order valence-corrected chi connectivity index (χ0v) is 24.2. The maximum Gasteiger partial charge on any atom is 0.375 e. The number of carbonyl (C=O) groups excluding carboxylic acids is 3. The van der Waals surface area contributed by atoms with Crippen molar-refractivity contribution in [1.82, 2.24) is 10.2 Å². The number of benzene rings is 2. The number of thioether (sulfide) groups is 1. The van der Waals surface area contributed by atoms with Gasteiger partial charge in [-0.25, -0.2) is 4.79 Å². The first kappa shape index (κ1) is 27.3. The summed E-state index contributed by atoms with van der Waals surface area (Å²) in [4.78, 5) is 39.7. The SMILES string of the molecule is COc1c(C)cc2c(c1O)[C@H]1N[C@H](C2)[C@H](O)N2C1[C@@H]1SCC(=O)C(=O)OC[C@H]2c2c3c(c(C)c(OC(C)=O)c21)OCO3. The van der Waals surface area contributed by atoms with Gasteiger partial charge in [-0.3, -0.25) is 14.5 Å². The van der Waals surface area contributed by atoms with Crippen molar-refractivity contribution in [3.05, 3.63) is 39.4 Å². The molecule has 2 saturated heterocycles. The molecule has 222 valence electrons. The smallest absolute Gasteiger partial charge is 0.375 e. The van der Waals surface area contributed by atoms with Crippen LogP contribution in [0.25, 0.3) is 0 Å². The van der Waals surface area contributed by atoms with Crippen LogP contribution in [0.5, 0.6) is 28.7 Å². The van der Waals surface area contributed by atoms with Gasteiger partial charge in [0.2, 0.25) is 12.6 Å². The van der Waals surface area contributed by atoms with Crippen molar-refractivity contribution >= 4 is 29.5 Å². The number of phenolic OH excluding ortho intramolecular Hbond substituents is 1. The van der Waals surface area contributed by atoms with Crippen LogP contribution >= 0.6 is 11.8 Å². The van der Waals surface area contributed by atoms with E-state index >= 15 is 0 Å². The van der Waals surface area contributed by atoms with Gasteiger partial charge in [-0.05, 0) is 31.4 Å². The van der Waals surface area contributed by atoms with Crippen LogP contribution in [-0.2, 0) is 25.5 Å². The maximum absolute atomic E-state index is 12.8. The normalized spacial score (nSPS) is 29.3. The number of hydrogen-bond donors (Lipinski definition) is 3. The van der Waals surface area contributed by atoms with Gasteiger partial charge in [-0.15, -0.1) is 11.8 Å². The van der Waals surface area contributed by atoms with Gasteiger partial charge >= 0.3 is 11.9 Å². The Hall–Kier alpha value is -3.52. The van der Waals surface area contributed by atoms with E-state index in [0.29, 0.717) is 45.9 Å². The van der Waals surface area contributed by atoms with Crippen LogP contribution < -0.4 is 24.3 Å². The van der Waals surface area contributed by atoms with Gasteiger partial charge in [-0.2, -0.15) is 0 Å². The fraction of sp³-hybridized carbons (Fsp3) is 0.483. The fourth-order valence-corrected chi connectivity index (χ4v) is 8.66. The molecule has 5 aliphatic rings. The molecule has 2 aromatic rings. The second-order valence-electron chi connectivity index (χ2n) is 11.2. The molecule has 5 aliphatic heterocycles. The summed E-state index contributed by atoms with van der Waals surface area (Å²) in [6.07, 6.45) is -0.621. The highest BCUT2D eigenvalue weighted by Crippen LogP contribution is 2.62. The minimum Gasteiger partial charge on any atom is -0.504 e. The third-order valence-corrected chi connectivity index (χ3v) is 10.2. The number of fused-ring (bicyclic) bond motifs is 9. The van der Waals surface area contributed by atoms with Crippen LogP contribution in [0.2, 0.25) is 0 Å². The lowest BCUT2D eigenvalue weighted by Crippen LogP contribution is -2.69. The molecule has 12 nitrogen and oxygen atoms in total. The van der Waals surface area contributed by atoms with Crippen LogP contribution in [0, 0.1) is 13.8 Å². The summed E-state index contributed by atoms with van der Waals surface area (Å²) >= 11 is 1.19. The van der Waals surface area contributed by atoms with Crippen molar-refractivity contribution in [2.45, 2.75) is 62.8 Å². The highest BCUT2D eigenvalue weighted by atomic mass is 32.2. The monoisotopic (exact) mass is 598 g/mol. The summed E-state index contributed by atoms with van der Waals surface area (Å²) in [7, 11) is 1.50. The maximum atomic E-state index is 12.8. The predicted molar refractivity (Wildman–Crippen MR) is 147 cm³/mol. The molecule has 2 aromatic carbocycles. The minimum atomic E-state index is -1.05. The Kier molecular flexibility index (Phi) is 6.35. The number of cyclic esters (lactones) is 1. The molecule has 2 fully saturated rings. The van der Waals surface area contributed by atoms with Gasteiger partial charge in [0.05, 0.1) is 36.2 Å². The molecule has 5 heterocycles. The first-order valence-electron chi connectivity index (χ1n) is 13.7. The van der Waals surface area contributed by atoms with E-state index in [1.807, 2.05) is 17.9 Å². The zero-order valence-electron chi connectivity index (χ0n) is 23.4. The van der Waals surface area contributed by atoms with Crippen LogP contribution in [0.1, 0.15) is 57.6 Å². The standard InChI is InChI=1S/C29H30N2O10S/c1-10-5-13-6-14-28(35)31-15-7-38-29(36)16(33)8-42-27(21(31)20(30-14)17(13)22(34)23(10)37-4)19-18(15)26-25(39-9-40-26)11(2)24(19)41-12(3)32/h5,14-15,20-21,27-28,30,34-35H,6-9H2,1-4H3/t14-,15+,20-,21?,27-,28+/m1/s1. The van der Waals surface area contributed by atoms with Crippen LogP contribution in [0.3, 0.4) is 0 Å². The van der Waals surface area contributed by atoms with E-state index < -0.39 is 53.4 Å². The number of nitrogens with one attached hydrogen (secondary N) is 1. The number of rotatable bonds is 2. The Morgan fingerprint density at radius 3 is 2.62 bits per heavy atom. The van der Waals surface area contributed by atoms with E-state index in [9.17, 15) is 24.6 Å². The van der Waals surface area contributed by atoms with Crippen molar-refractivity contribution in [2.24, 2.45) is 0 Å². The van der Waals surface area contributed by atoms with Gasteiger partial charge in [0.1, 0.15) is 18.6 Å². The van der Waals surface area contributed by atoms with E-state index in [2.05, 4.69) is 5.32 Å². The van der Waals surface area contributed by atoms with E-state index in [1.165, 1.54) is 25.8 Å². The molecular weight excluding hydrogens is 568 g/mol. The molecule has 4 bridgehead atoms. The minimum absolute atomic E-state index is 0.00237. The number of aliphatic hydroxyl groups is 1. The van der Waals surface area contributed by atoms with Gasteiger partial charge in [-0.1, -0.05) is 6.07 Å². The van der Waals surface area contributed by atoms with Gasteiger partial charge in [0.15, 0.2) is 23.0 Å². The first-order chi connectivity index (χ1) is 20.1. The second kappa shape index (κ2) is 9.76. The van der Waals surface area contributed by atoms with Gasteiger partial charge in [0, 0.05) is 35.2 Å². The number of ketones is 1. The number of phenols is 1. The largest absolute Gasteiger partial charge is 0.504 e. The number of piperazine rings is 1. The first-order valence-corrected chi connectivity index (χ1v) is 14.7. The third-order valence-electron chi connectivity index (χ3n) is 8.87. The molecule has 0 radical (unpaired) electrons. The molecule has 6 atom stereocenters. The van der Waals surface area contributed by atoms with Crippen LogP contribution in [-0.4, -0.2) is 77.4 Å². The number of aromatic hydroxyl groups is 1. The van der Waals surface area contributed by atoms with E-state index in [0.717, 1.165) is 11.1 Å². The van der Waals surface area contributed by atoms with Crippen molar-refractivity contribution < 1.29 is 48.3 Å². The number of carbonyl (C=O) groups is 3. The molecule has 42 heavy (non-hydrogen) atoms. The van der Waals surface area contributed by atoms with Crippen molar-refractivity contribution in [2.75, 3.05) is 26.3 Å². The third kappa shape index (κ3) is 3.76. The Morgan fingerprint density at radius 1 is 1.12 bits per heavy atom. The molecular formula is C29H30N2O10S. The van der Waals surface area contributed by atoms with Crippen LogP contribution in [0.4, 0.5) is 0 Å². The molecule has 7 rings (SSSR count). The molecule has 3 N–H and O–H groups in total. The van der Waals surface area contributed by atoms with E-state index in [1.54, 1.807) is 6.92 Å². The summed E-state index contributed by atoms with van der Waals surface area (Å²) in [5, 5.41) is 26.4. The summed E-state index contributed by atoms with van der Waals surface area (Å²) < 4.78 is 28.7. The lowest BCUT2D eigenvalue weighted by Gasteiger charge is -2.59. The lowest BCUT2D eigenvalue weighted by molar-refractivity contribution is -0.162. The number of ether oxygens (including phenoxy) is 5. The summed E-state index contributed by atoms with van der Waals surface area (Å²) in [5.41, 5.74) is 4.01. The number of Topliss-reactive ketones (excluding diaryl/α,β-unsaturated/α-hetero) is 1. The highest BCUT2D eigenvalue weighted by molar-refractivity contribution is 8.00. The molecule has 0 spiro atoms. The highest BCUT2D eigenvalue weighted by Gasteiger charge is 2.58. The average Bonchev–Trinajstić information content (AvgIpc) is 3.44. The lowest BCUT2D eigenvalue weighted by atomic mass is 9.74. The average molecular weight is 599 g/mol. The predicted octanol–water partition coefficient (Wildman–Crippen LogP) is 1.88. The number of nitrogens with zero attached hydrogens (tertiary/aromatic N) is 1. The van der Waals surface area contributed by atoms with Crippen molar-refractivity contribution in [3.63, 3.8) is 0 Å². The summed E-state index contributed by atoms with van der Waals surface area (Å²) in [6.45, 7) is 4.60. The zero-order chi connectivity index (χ0) is 29.6.